The molecule has 0 radical (unpaired) electrons. The highest BCUT2D eigenvalue weighted by Crippen LogP contribution is 2.30. The van der Waals surface area contributed by atoms with Crippen LogP contribution in [0.25, 0.3) is 0 Å². The Kier molecular flexibility index (Phi) is 8.32. The lowest BCUT2D eigenvalue weighted by atomic mass is 10.0. The van der Waals surface area contributed by atoms with Gasteiger partial charge in [0.25, 0.3) is 0 Å². The van der Waals surface area contributed by atoms with E-state index in [1.165, 1.54) is 48.5 Å². The van der Waals surface area contributed by atoms with Crippen molar-refractivity contribution in [2.45, 2.75) is 19.6 Å². The highest BCUT2D eigenvalue weighted by Gasteiger charge is 2.08. The zero-order chi connectivity index (χ0) is 26.2. The summed E-state index contributed by atoms with van der Waals surface area (Å²) in [6, 6.07) is 17.1. The van der Waals surface area contributed by atoms with Crippen LogP contribution in [0.4, 0.5) is 0 Å². The predicted molar refractivity (Wildman–Crippen MR) is 130 cm³/mol. The summed E-state index contributed by atoms with van der Waals surface area (Å²) in [5, 5.41) is 74.9. The van der Waals surface area contributed by atoms with Crippen molar-refractivity contribution in [3.05, 3.63) is 95.1 Å². The molecule has 0 bridgehead atoms. The largest absolute Gasteiger partial charge is 0.508 e. The van der Waals surface area contributed by atoms with Gasteiger partial charge in [0.2, 0.25) is 0 Å². The number of ether oxygens (including phenoxy) is 1. The molecule has 4 aromatic rings. The molecule has 0 unspecified atom stereocenters. The van der Waals surface area contributed by atoms with Crippen LogP contribution in [0.5, 0.6) is 46.0 Å². The molecule has 36 heavy (non-hydrogen) atoms. The van der Waals surface area contributed by atoms with Crippen LogP contribution in [0.1, 0.15) is 22.3 Å². The maximum absolute atomic E-state index is 9.61. The van der Waals surface area contributed by atoms with Gasteiger partial charge in [-0.25, -0.2) is 0 Å². The SMILES string of the molecule is Oc1ccc(COCc2ccc(O)cc2O)c(O)c1.Oc1ccc(Cc2ccc(O)cc2O)c(O)c1. The van der Waals surface area contributed by atoms with E-state index in [9.17, 15) is 20.4 Å². The summed E-state index contributed by atoms with van der Waals surface area (Å²) in [7, 11) is 0. The summed E-state index contributed by atoms with van der Waals surface area (Å²) < 4.78 is 5.36. The third kappa shape index (κ3) is 7.12. The molecule has 0 saturated heterocycles. The van der Waals surface area contributed by atoms with Gasteiger partial charge in [-0.05, 0) is 47.5 Å². The molecule has 0 fully saturated rings. The quantitative estimate of drug-likeness (QED) is 0.194. The van der Waals surface area contributed by atoms with E-state index in [-0.39, 0.29) is 59.2 Å². The molecular weight excluding hydrogens is 468 g/mol. The molecule has 4 aromatic carbocycles. The number of phenols is 8. The minimum absolute atomic E-state index is 0.0128. The van der Waals surface area contributed by atoms with Crippen LogP contribution in [-0.2, 0) is 24.4 Å². The molecule has 0 aliphatic heterocycles. The second-order valence-corrected chi connectivity index (χ2v) is 7.92. The van der Waals surface area contributed by atoms with Crippen molar-refractivity contribution in [1.82, 2.24) is 0 Å². The maximum atomic E-state index is 9.61. The zero-order valence-electron chi connectivity index (χ0n) is 19.0. The molecule has 4 rings (SSSR count). The fourth-order valence-electron chi connectivity index (χ4n) is 3.23. The smallest absolute Gasteiger partial charge is 0.124 e. The van der Waals surface area contributed by atoms with E-state index in [1.54, 1.807) is 24.3 Å². The first-order valence-corrected chi connectivity index (χ1v) is 10.7. The van der Waals surface area contributed by atoms with Crippen LogP contribution in [0.3, 0.4) is 0 Å². The summed E-state index contributed by atoms with van der Waals surface area (Å²) in [6.07, 6.45) is 0.318. The van der Waals surface area contributed by atoms with Gasteiger partial charge in [-0.2, -0.15) is 0 Å². The Morgan fingerprint density at radius 1 is 0.389 bits per heavy atom. The number of benzene rings is 4. The third-order valence-corrected chi connectivity index (χ3v) is 5.17. The van der Waals surface area contributed by atoms with Gasteiger partial charge in [0.15, 0.2) is 0 Å². The lowest BCUT2D eigenvalue weighted by Crippen LogP contribution is -1.95. The Bertz CT molecular complexity index is 1230. The van der Waals surface area contributed by atoms with Gasteiger partial charge in [-0.3, -0.25) is 0 Å². The molecule has 0 aliphatic rings. The van der Waals surface area contributed by atoms with E-state index in [0.29, 0.717) is 28.7 Å². The van der Waals surface area contributed by atoms with Crippen molar-refractivity contribution in [3.63, 3.8) is 0 Å². The average molecular weight is 494 g/mol. The molecule has 0 atom stereocenters. The average Bonchev–Trinajstić information content (AvgIpc) is 2.80. The normalized spacial score (nSPS) is 10.4. The van der Waals surface area contributed by atoms with Crippen LogP contribution in [0, 0.1) is 0 Å². The molecule has 0 heterocycles. The minimum atomic E-state index is -0.0464. The van der Waals surface area contributed by atoms with Crippen molar-refractivity contribution < 1.29 is 45.6 Å². The Balaban J connectivity index is 0.000000202. The van der Waals surface area contributed by atoms with Gasteiger partial charge in [-0.1, -0.05) is 12.1 Å². The molecule has 0 aliphatic carbocycles. The van der Waals surface area contributed by atoms with Crippen molar-refractivity contribution in [2.75, 3.05) is 0 Å². The van der Waals surface area contributed by atoms with E-state index in [2.05, 4.69) is 0 Å². The second-order valence-electron chi connectivity index (χ2n) is 7.92. The van der Waals surface area contributed by atoms with Gasteiger partial charge in [0.1, 0.15) is 46.0 Å². The highest BCUT2D eigenvalue weighted by atomic mass is 16.5. The van der Waals surface area contributed by atoms with Crippen molar-refractivity contribution in [1.29, 1.82) is 0 Å². The summed E-state index contributed by atoms with van der Waals surface area (Å²) >= 11 is 0. The molecular formula is C27H26O9. The van der Waals surface area contributed by atoms with Crippen LogP contribution in [0.2, 0.25) is 0 Å². The van der Waals surface area contributed by atoms with Gasteiger partial charge in [-0.15, -0.1) is 0 Å². The first-order valence-electron chi connectivity index (χ1n) is 10.7. The van der Waals surface area contributed by atoms with E-state index in [0.717, 1.165) is 0 Å². The van der Waals surface area contributed by atoms with Crippen molar-refractivity contribution >= 4 is 0 Å². The highest BCUT2D eigenvalue weighted by molar-refractivity contribution is 5.46. The number of hydrogen-bond donors (Lipinski definition) is 8. The first-order chi connectivity index (χ1) is 17.1. The molecule has 0 aromatic heterocycles. The number of phenolic OH excluding ortho intramolecular Hbond substituents is 8. The number of hydrogen-bond acceptors (Lipinski definition) is 9. The van der Waals surface area contributed by atoms with E-state index in [4.69, 9.17) is 25.2 Å². The zero-order valence-corrected chi connectivity index (χ0v) is 19.0. The minimum Gasteiger partial charge on any atom is -0.508 e. The maximum Gasteiger partial charge on any atom is 0.124 e. The molecule has 9 heteroatoms. The van der Waals surface area contributed by atoms with Crippen LogP contribution >= 0.6 is 0 Å². The Morgan fingerprint density at radius 3 is 0.944 bits per heavy atom. The lowest BCUT2D eigenvalue weighted by Gasteiger charge is -2.08. The standard InChI is InChI=1S/C14H14O5.C13H12O4/c15-11-3-1-9(13(17)5-11)7-19-8-10-2-4-12(16)6-14(10)18;14-10-3-1-8(12(16)6-10)5-9-2-4-11(15)7-13(9)17/h1-6,15-18H,7-8H2;1-4,6-7,14-17H,5H2. The third-order valence-electron chi connectivity index (χ3n) is 5.17. The molecule has 0 saturated carbocycles. The first kappa shape index (κ1) is 25.9. The molecule has 0 amide bonds. The molecule has 188 valence electrons. The monoisotopic (exact) mass is 494 g/mol. The second kappa shape index (κ2) is 11.6. The summed E-state index contributed by atoms with van der Waals surface area (Å²) in [5.41, 5.74) is 2.25. The van der Waals surface area contributed by atoms with Gasteiger partial charge < -0.3 is 45.6 Å². The molecule has 8 N–H and O–H groups in total. The van der Waals surface area contributed by atoms with Crippen LogP contribution in [0.15, 0.2) is 72.8 Å². The molecule has 9 nitrogen and oxygen atoms in total. The fourth-order valence-corrected chi connectivity index (χ4v) is 3.23. The van der Waals surface area contributed by atoms with E-state index in [1.807, 2.05) is 0 Å². The van der Waals surface area contributed by atoms with Gasteiger partial charge in [0.05, 0.1) is 13.2 Å². The number of aromatic hydroxyl groups is 8. The van der Waals surface area contributed by atoms with Crippen molar-refractivity contribution in [2.24, 2.45) is 0 Å². The van der Waals surface area contributed by atoms with Gasteiger partial charge >= 0.3 is 0 Å². The topological polar surface area (TPSA) is 171 Å². The van der Waals surface area contributed by atoms with E-state index >= 15 is 0 Å². The lowest BCUT2D eigenvalue weighted by molar-refractivity contribution is 0.104. The molecule has 0 spiro atoms. The summed E-state index contributed by atoms with van der Waals surface area (Å²) in [6.45, 7) is 0.291. The Morgan fingerprint density at radius 2 is 0.667 bits per heavy atom. The number of rotatable bonds is 6. The Hall–Kier alpha value is -4.76. The fraction of sp³-hybridized carbons (Fsp3) is 0.111. The van der Waals surface area contributed by atoms with E-state index < -0.39 is 0 Å². The Labute approximate surface area is 206 Å². The van der Waals surface area contributed by atoms with Crippen molar-refractivity contribution in [3.8, 4) is 46.0 Å². The van der Waals surface area contributed by atoms with Crippen LogP contribution < -0.4 is 0 Å². The van der Waals surface area contributed by atoms with Crippen LogP contribution in [-0.4, -0.2) is 40.9 Å². The predicted octanol–water partition coefficient (Wildman–Crippen LogP) is 4.33. The summed E-state index contributed by atoms with van der Waals surface area (Å²) in [4.78, 5) is 0. The van der Waals surface area contributed by atoms with Gasteiger partial charge in [0, 0.05) is 41.8 Å². The summed E-state index contributed by atoms with van der Waals surface area (Å²) in [5.74, 6) is -0.211.